The molecule has 0 saturated heterocycles. The summed E-state index contributed by atoms with van der Waals surface area (Å²) in [4.78, 5) is 9.84. The summed E-state index contributed by atoms with van der Waals surface area (Å²) in [7, 11) is 1.31. The molecule has 0 saturated carbocycles. The number of hydrogen-bond acceptors (Lipinski definition) is 2. The smallest absolute Gasteiger partial charge is 1.00 e. The van der Waals surface area contributed by atoms with Gasteiger partial charge in [0, 0.05) is 6.08 Å². The second kappa shape index (κ2) is 15.6. The Hall–Kier alpha value is -0.284. The predicted molar refractivity (Wildman–Crippen MR) is 41.4 cm³/mol. The monoisotopic (exact) mass is 140 g/mol. The molecule has 50 valence electrons. The molecule has 9 heavy (non-hydrogen) atoms. The molecule has 0 fully saturated rings. The van der Waals surface area contributed by atoms with E-state index in [-0.39, 0.29) is 25.9 Å². The van der Waals surface area contributed by atoms with E-state index in [2.05, 4.69) is 24.5 Å². The minimum absolute atomic E-state index is 0. The average molecular weight is 140 g/mol. The number of carbonyl (C=O) groups excluding carboxylic acids is 1. The van der Waals surface area contributed by atoms with E-state index >= 15 is 0 Å². The molecular formula is C6H12MgO2. The molecule has 0 aliphatic rings. The van der Waals surface area contributed by atoms with E-state index in [4.69, 9.17) is 0 Å². The van der Waals surface area contributed by atoms with Crippen LogP contribution in [0.5, 0.6) is 0 Å². The van der Waals surface area contributed by atoms with Crippen LogP contribution in [0.3, 0.4) is 0 Å². The first kappa shape index (κ1) is 15.9. The van der Waals surface area contributed by atoms with E-state index < -0.39 is 5.97 Å². The first-order chi connectivity index (χ1) is 3.81. The van der Waals surface area contributed by atoms with Gasteiger partial charge in [0.05, 0.1) is 7.11 Å². The van der Waals surface area contributed by atoms with Gasteiger partial charge in [-0.3, -0.25) is 0 Å². The summed E-state index contributed by atoms with van der Waals surface area (Å²) in [5.74, 6) is -0.394. The Morgan fingerprint density at radius 1 is 1.67 bits per heavy atom. The van der Waals surface area contributed by atoms with Crippen molar-refractivity contribution in [2.75, 3.05) is 7.11 Å². The normalized spacial score (nSPS) is 5.00. The number of ether oxygens (including phenoxy) is 1. The molecule has 0 heterocycles. The zero-order valence-electron chi connectivity index (χ0n) is 7.72. The SMILES string of the molecule is C=C.C=CC(=O)OC.[H-].[H-].[Mg+2]. The van der Waals surface area contributed by atoms with Crippen LogP contribution in [-0.4, -0.2) is 36.1 Å². The molecular weight excluding hydrogens is 128 g/mol. The van der Waals surface area contributed by atoms with Crippen molar-refractivity contribution in [1.29, 1.82) is 0 Å². The Balaban J connectivity index is -0.0000000222. The van der Waals surface area contributed by atoms with Gasteiger partial charge < -0.3 is 7.59 Å². The van der Waals surface area contributed by atoms with E-state index in [1.807, 2.05) is 0 Å². The van der Waals surface area contributed by atoms with Gasteiger partial charge in [0.1, 0.15) is 0 Å². The fourth-order valence-corrected chi connectivity index (χ4v) is 0.0833. The van der Waals surface area contributed by atoms with Crippen LogP contribution in [0.15, 0.2) is 25.8 Å². The molecule has 2 nitrogen and oxygen atoms in total. The molecule has 0 rings (SSSR count). The zero-order chi connectivity index (χ0) is 6.99. The van der Waals surface area contributed by atoms with E-state index in [0.717, 1.165) is 6.08 Å². The summed E-state index contributed by atoms with van der Waals surface area (Å²) in [5.41, 5.74) is 0. The third-order valence-corrected chi connectivity index (χ3v) is 0.368. The van der Waals surface area contributed by atoms with E-state index in [1.54, 1.807) is 0 Å². The van der Waals surface area contributed by atoms with Crippen LogP contribution in [-0.2, 0) is 9.53 Å². The summed E-state index contributed by atoms with van der Waals surface area (Å²) >= 11 is 0. The maximum atomic E-state index is 9.84. The Morgan fingerprint density at radius 3 is 2.00 bits per heavy atom. The summed E-state index contributed by atoms with van der Waals surface area (Å²) in [6.45, 7) is 9.16. The van der Waals surface area contributed by atoms with Crippen molar-refractivity contribution >= 4 is 29.0 Å². The van der Waals surface area contributed by atoms with Crippen LogP contribution < -0.4 is 0 Å². The molecule has 0 atom stereocenters. The van der Waals surface area contributed by atoms with Crippen LogP contribution in [0.4, 0.5) is 0 Å². The number of rotatable bonds is 1. The molecule has 0 unspecified atom stereocenters. The third-order valence-electron chi connectivity index (χ3n) is 0.368. The van der Waals surface area contributed by atoms with Gasteiger partial charge in [0.25, 0.3) is 0 Å². The molecule has 0 aromatic heterocycles. The second-order valence-electron chi connectivity index (χ2n) is 0.727. The van der Waals surface area contributed by atoms with Crippen LogP contribution in [0.25, 0.3) is 0 Å². The summed E-state index contributed by atoms with van der Waals surface area (Å²) in [6, 6.07) is 0. The van der Waals surface area contributed by atoms with E-state index in [1.165, 1.54) is 7.11 Å². The van der Waals surface area contributed by atoms with Crippen LogP contribution in [0.1, 0.15) is 2.85 Å². The van der Waals surface area contributed by atoms with Gasteiger partial charge >= 0.3 is 29.0 Å². The quantitative estimate of drug-likeness (QED) is 0.235. The summed E-state index contributed by atoms with van der Waals surface area (Å²) in [5, 5.41) is 0. The van der Waals surface area contributed by atoms with Crippen molar-refractivity contribution in [3.05, 3.63) is 25.8 Å². The number of hydrogen-bond donors (Lipinski definition) is 0. The van der Waals surface area contributed by atoms with Gasteiger partial charge in [-0.15, -0.1) is 13.2 Å². The average Bonchev–Trinajstić information content (AvgIpc) is 1.91. The van der Waals surface area contributed by atoms with Crippen LogP contribution in [0, 0.1) is 0 Å². The topological polar surface area (TPSA) is 26.3 Å². The van der Waals surface area contributed by atoms with Crippen molar-refractivity contribution in [3.8, 4) is 0 Å². The van der Waals surface area contributed by atoms with Crippen molar-refractivity contribution in [3.63, 3.8) is 0 Å². The standard InChI is InChI=1S/C4H6O2.C2H4.Mg.2H/c1-3-4(5)6-2;1-2;;;/h3H,1H2,2H3;1-2H2;;;/q;;+2;2*-1. The molecule has 0 aromatic rings. The fourth-order valence-electron chi connectivity index (χ4n) is 0.0833. The first-order valence-corrected chi connectivity index (χ1v) is 2.01. The van der Waals surface area contributed by atoms with Crippen LogP contribution >= 0.6 is 0 Å². The molecule has 0 aliphatic heterocycles. The van der Waals surface area contributed by atoms with Gasteiger partial charge in [-0.05, 0) is 0 Å². The van der Waals surface area contributed by atoms with Crippen molar-refractivity contribution in [1.82, 2.24) is 0 Å². The predicted octanol–water partition coefficient (Wildman–Crippen LogP) is 0.992. The number of methoxy groups -OCH3 is 1. The maximum Gasteiger partial charge on any atom is 2.00 e. The molecule has 3 heteroatoms. The Labute approximate surface area is 74.7 Å². The Kier molecular flexibility index (Phi) is 27.6. The molecule has 0 bridgehead atoms. The Bertz CT molecular complexity index is 88.7. The molecule has 0 spiro atoms. The van der Waals surface area contributed by atoms with E-state index in [9.17, 15) is 4.79 Å². The first-order valence-electron chi connectivity index (χ1n) is 2.01. The molecule has 0 aliphatic carbocycles. The molecule has 0 aromatic carbocycles. The van der Waals surface area contributed by atoms with Gasteiger partial charge in [0.2, 0.25) is 0 Å². The number of carbonyl (C=O) groups is 1. The van der Waals surface area contributed by atoms with Gasteiger partial charge in [-0.25, -0.2) is 4.79 Å². The maximum absolute atomic E-state index is 9.84. The molecule has 0 amide bonds. The van der Waals surface area contributed by atoms with Gasteiger partial charge in [0.15, 0.2) is 0 Å². The van der Waals surface area contributed by atoms with Crippen LogP contribution in [0.2, 0.25) is 0 Å². The van der Waals surface area contributed by atoms with Gasteiger partial charge in [-0.1, -0.05) is 6.58 Å². The van der Waals surface area contributed by atoms with Crippen molar-refractivity contribution in [2.24, 2.45) is 0 Å². The van der Waals surface area contributed by atoms with Crippen molar-refractivity contribution < 1.29 is 12.4 Å². The van der Waals surface area contributed by atoms with Crippen molar-refractivity contribution in [2.45, 2.75) is 0 Å². The third kappa shape index (κ3) is 18.3. The second-order valence-corrected chi connectivity index (χ2v) is 0.727. The largest absolute Gasteiger partial charge is 2.00 e. The molecule has 0 N–H and O–H groups in total. The minimum Gasteiger partial charge on any atom is -1.00 e. The summed E-state index contributed by atoms with van der Waals surface area (Å²) < 4.78 is 4.14. The zero-order valence-corrected chi connectivity index (χ0v) is 7.14. The fraction of sp³-hybridized carbons (Fsp3) is 0.167. The minimum atomic E-state index is -0.394. The van der Waals surface area contributed by atoms with Gasteiger partial charge in [-0.2, -0.15) is 0 Å². The van der Waals surface area contributed by atoms with E-state index in [0.29, 0.717) is 0 Å². The Morgan fingerprint density at radius 2 is 2.00 bits per heavy atom. The molecule has 0 radical (unpaired) electrons. The summed E-state index contributed by atoms with van der Waals surface area (Å²) in [6.07, 6.45) is 1.11. The number of esters is 1.